The lowest BCUT2D eigenvalue weighted by molar-refractivity contribution is -0.144. The molecular formula is C19H23FN2O3. The normalized spacial score (nSPS) is 16.0. The van der Waals surface area contributed by atoms with Crippen LogP contribution in [0.15, 0.2) is 23.0 Å². The topological polar surface area (TPSA) is 61.2 Å². The van der Waals surface area contributed by atoms with Gasteiger partial charge in [-0.3, -0.25) is 9.59 Å². The number of halogens is 1. The number of carbonyl (C=O) groups is 1. The second-order valence-electron chi connectivity index (χ2n) is 7.59. The molecule has 0 aliphatic heterocycles. The van der Waals surface area contributed by atoms with Crippen molar-refractivity contribution >= 4 is 16.7 Å². The highest BCUT2D eigenvalue weighted by molar-refractivity contribution is 5.85. The zero-order valence-electron chi connectivity index (χ0n) is 15.1. The number of hydrogen-bond acceptors (Lipinski definition) is 4. The summed E-state index contributed by atoms with van der Waals surface area (Å²) in [5.74, 6) is -0.506. The van der Waals surface area contributed by atoms with Crippen LogP contribution in [0.2, 0.25) is 0 Å². The number of hydrogen-bond donors (Lipinski definition) is 0. The summed E-state index contributed by atoms with van der Waals surface area (Å²) >= 11 is 0. The van der Waals surface area contributed by atoms with Crippen molar-refractivity contribution in [1.29, 1.82) is 0 Å². The van der Waals surface area contributed by atoms with Crippen molar-refractivity contribution in [3.05, 3.63) is 39.8 Å². The zero-order chi connectivity index (χ0) is 18.4. The summed E-state index contributed by atoms with van der Waals surface area (Å²) in [5.41, 5.74) is -0.754. The second kappa shape index (κ2) is 5.93. The molecule has 5 nitrogen and oxygen atoms in total. The Balaban J connectivity index is 2.20. The van der Waals surface area contributed by atoms with Crippen LogP contribution >= 0.6 is 0 Å². The quantitative estimate of drug-likeness (QED) is 0.798. The van der Waals surface area contributed by atoms with Crippen LogP contribution in [0.4, 0.5) is 4.39 Å². The molecule has 1 aliphatic carbocycles. The fraction of sp³-hybridized carbons (Fsp3) is 0.526. The van der Waals surface area contributed by atoms with Crippen molar-refractivity contribution in [1.82, 2.24) is 9.78 Å². The fourth-order valence-corrected chi connectivity index (χ4v) is 2.95. The van der Waals surface area contributed by atoms with Gasteiger partial charge in [-0.1, -0.05) is 26.8 Å². The third-order valence-corrected chi connectivity index (χ3v) is 4.46. The Morgan fingerprint density at radius 2 is 2.00 bits per heavy atom. The van der Waals surface area contributed by atoms with Crippen molar-refractivity contribution < 1.29 is 13.9 Å². The van der Waals surface area contributed by atoms with E-state index in [-0.39, 0.29) is 24.1 Å². The summed E-state index contributed by atoms with van der Waals surface area (Å²) in [4.78, 5) is 24.5. The minimum atomic E-state index is -1.27. The van der Waals surface area contributed by atoms with Gasteiger partial charge in [0.15, 0.2) is 0 Å². The Hall–Kier alpha value is -2.24. The Bertz CT molecular complexity index is 892. The van der Waals surface area contributed by atoms with E-state index in [1.54, 1.807) is 25.1 Å². The van der Waals surface area contributed by atoms with Crippen molar-refractivity contribution in [3.63, 3.8) is 0 Å². The maximum atomic E-state index is 14.5. The van der Waals surface area contributed by atoms with Gasteiger partial charge in [-0.05, 0) is 37.5 Å². The maximum absolute atomic E-state index is 14.5. The van der Waals surface area contributed by atoms with Crippen molar-refractivity contribution in [3.8, 4) is 0 Å². The Kier molecular flexibility index (Phi) is 4.17. The molecule has 1 aromatic carbocycles. The molecule has 0 N–H and O–H groups in total. The van der Waals surface area contributed by atoms with Crippen LogP contribution in [0.5, 0.6) is 0 Å². The summed E-state index contributed by atoms with van der Waals surface area (Å²) < 4.78 is 20.5. The lowest BCUT2D eigenvalue weighted by Gasteiger charge is -2.22. The number of benzene rings is 1. The largest absolute Gasteiger partial charge is 0.465 e. The van der Waals surface area contributed by atoms with Crippen LogP contribution in [0.1, 0.15) is 51.8 Å². The van der Waals surface area contributed by atoms with Gasteiger partial charge in [0.1, 0.15) is 12.2 Å². The Morgan fingerprint density at radius 1 is 1.32 bits per heavy atom. The van der Waals surface area contributed by atoms with E-state index in [4.69, 9.17) is 4.74 Å². The molecule has 1 aliphatic rings. The highest BCUT2D eigenvalue weighted by Gasteiger charge is 2.45. The highest BCUT2D eigenvalue weighted by Crippen LogP contribution is 2.50. The first-order valence-electron chi connectivity index (χ1n) is 8.56. The van der Waals surface area contributed by atoms with E-state index < -0.39 is 11.6 Å². The number of carbonyl (C=O) groups excluding carboxylic acids is 1. The first-order valence-corrected chi connectivity index (χ1v) is 8.56. The van der Waals surface area contributed by atoms with Crippen LogP contribution in [-0.2, 0) is 27.2 Å². The van der Waals surface area contributed by atoms with Gasteiger partial charge >= 0.3 is 5.97 Å². The molecule has 134 valence electrons. The third kappa shape index (κ3) is 3.30. The molecule has 1 heterocycles. The number of esters is 1. The minimum absolute atomic E-state index is 0.236. The molecular weight excluding hydrogens is 323 g/mol. The van der Waals surface area contributed by atoms with Gasteiger partial charge in [0.05, 0.1) is 17.7 Å². The van der Waals surface area contributed by atoms with E-state index in [1.807, 2.05) is 20.8 Å². The predicted molar refractivity (Wildman–Crippen MR) is 93.4 cm³/mol. The molecule has 0 amide bonds. The number of alkyl halides is 1. The molecule has 25 heavy (non-hydrogen) atoms. The van der Waals surface area contributed by atoms with E-state index in [0.717, 1.165) is 4.68 Å². The van der Waals surface area contributed by atoms with Crippen LogP contribution in [0.25, 0.3) is 10.8 Å². The first kappa shape index (κ1) is 17.6. The summed E-state index contributed by atoms with van der Waals surface area (Å²) in [6.07, 6.45) is 1.02. The van der Waals surface area contributed by atoms with E-state index in [1.165, 1.54) is 0 Å². The number of aromatic nitrogens is 2. The first-order chi connectivity index (χ1) is 11.7. The van der Waals surface area contributed by atoms with Gasteiger partial charge < -0.3 is 4.74 Å². The Labute approximate surface area is 145 Å². The smallest absolute Gasteiger partial charge is 0.327 e. The monoisotopic (exact) mass is 346 g/mol. The van der Waals surface area contributed by atoms with Crippen molar-refractivity contribution in [2.24, 2.45) is 0 Å². The van der Waals surface area contributed by atoms with Gasteiger partial charge in [-0.2, -0.15) is 5.10 Å². The molecule has 1 saturated carbocycles. The van der Waals surface area contributed by atoms with E-state index >= 15 is 0 Å². The summed E-state index contributed by atoms with van der Waals surface area (Å²) in [6.45, 7) is 7.64. The van der Waals surface area contributed by atoms with Crippen LogP contribution in [0.3, 0.4) is 0 Å². The van der Waals surface area contributed by atoms with E-state index in [2.05, 4.69) is 5.10 Å². The molecule has 0 spiro atoms. The van der Waals surface area contributed by atoms with Crippen LogP contribution < -0.4 is 5.56 Å². The molecule has 0 unspecified atom stereocenters. The molecule has 1 aromatic heterocycles. The second-order valence-corrected chi connectivity index (χ2v) is 7.59. The number of ether oxygens (including phenoxy) is 1. The number of nitrogens with zero attached hydrogens (tertiary/aromatic N) is 2. The predicted octanol–water partition coefficient (Wildman–Crippen LogP) is 3.22. The molecule has 1 fully saturated rings. The average Bonchev–Trinajstić information content (AvgIpc) is 3.28. The fourth-order valence-electron chi connectivity index (χ4n) is 2.95. The SMILES string of the molecule is CCOC(=O)Cn1nc(C(C)(C)C)c2cc(C3(F)CC3)ccc2c1=O. The van der Waals surface area contributed by atoms with Crippen molar-refractivity contribution in [2.75, 3.05) is 6.61 Å². The maximum Gasteiger partial charge on any atom is 0.327 e. The lowest BCUT2D eigenvalue weighted by Crippen LogP contribution is -2.31. The molecule has 0 radical (unpaired) electrons. The number of rotatable bonds is 4. The Morgan fingerprint density at radius 3 is 2.56 bits per heavy atom. The summed E-state index contributed by atoms with van der Waals surface area (Å²) in [7, 11) is 0. The van der Waals surface area contributed by atoms with Crippen molar-refractivity contribution in [2.45, 2.75) is 58.2 Å². The van der Waals surface area contributed by atoms with Crippen LogP contribution in [0, 0.1) is 0 Å². The number of fused-ring (bicyclic) bond motifs is 1. The summed E-state index contributed by atoms with van der Waals surface area (Å²) in [5, 5.41) is 5.51. The van der Waals surface area contributed by atoms with E-state index in [9.17, 15) is 14.0 Å². The van der Waals surface area contributed by atoms with E-state index in [0.29, 0.717) is 34.9 Å². The van der Waals surface area contributed by atoms with Gasteiger partial charge in [0, 0.05) is 10.8 Å². The average molecular weight is 346 g/mol. The van der Waals surface area contributed by atoms with Gasteiger partial charge in [0.25, 0.3) is 5.56 Å². The minimum Gasteiger partial charge on any atom is -0.465 e. The molecule has 0 saturated heterocycles. The highest BCUT2D eigenvalue weighted by atomic mass is 19.1. The standard InChI is InChI=1S/C19H23FN2O3/c1-5-25-15(23)11-22-17(24)13-7-6-12(19(20)8-9-19)10-14(13)16(21-22)18(2,3)4/h6-7,10H,5,8-9,11H2,1-4H3. The third-order valence-electron chi connectivity index (χ3n) is 4.46. The zero-order valence-corrected chi connectivity index (χ0v) is 15.1. The summed E-state index contributed by atoms with van der Waals surface area (Å²) in [6, 6.07) is 5.05. The van der Waals surface area contributed by atoms with Gasteiger partial charge in [0.2, 0.25) is 0 Å². The van der Waals surface area contributed by atoms with Crippen LogP contribution in [-0.4, -0.2) is 22.4 Å². The lowest BCUT2D eigenvalue weighted by atomic mass is 9.88. The molecule has 2 aromatic rings. The van der Waals surface area contributed by atoms with Gasteiger partial charge in [-0.15, -0.1) is 0 Å². The molecule has 3 rings (SSSR count). The molecule has 6 heteroatoms. The molecule has 0 atom stereocenters. The molecule has 0 bridgehead atoms. The van der Waals surface area contributed by atoms with Gasteiger partial charge in [-0.25, -0.2) is 9.07 Å².